The molecule has 1 fully saturated rings. The van der Waals surface area contributed by atoms with Crippen molar-refractivity contribution in [3.63, 3.8) is 0 Å². The number of amides is 1. The predicted octanol–water partition coefficient (Wildman–Crippen LogP) is 3.35. The minimum absolute atomic E-state index is 0.0561. The first-order valence-corrected chi connectivity index (χ1v) is 11.3. The molecular formula is C22H28N2O4S. The summed E-state index contributed by atoms with van der Waals surface area (Å²) in [6.45, 7) is 5.65. The van der Waals surface area contributed by atoms with Gasteiger partial charge >= 0.3 is 0 Å². The fraction of sp³-hybridized carbons (Fsp3) is 0.409. The third-order valence-electron chi connectivity index (χ3n) is 5.50. The summed E-state index contributed by atoms with van der Waals surface area (Å²) in [6, 6.07) is 12.0. The zero-order valence-corrected chi connectivity index (χ0v) is 18.0. The van der Waals surface area contributed by atoms with Crippen LogP contribution in [0, 0.1) is 12.8 Å². The second-order valence-corrected chi connectivity index (χ2v) is 9.35. The molecule has 1 saturated heterocycles. The number of nitrogens with zero attached hydrogens (tertiary/aromatic N) is 1. The molecule has 7 heteroatoms. The van der Waals surface area contributed by atoms with E-state index in [1.54, 1.807) is 11.0 Å². The molecule has 1 N–H and O–H groups in total. The van der Waals surface area contributed by atoms with Gasteiger partial charge in [0, 0.05) is 19.6 Å². The lowest BCUT2D eigenvalue weighted by Gasteiger charge is -2.30. The number of rotatable bonds is 6. The van der Waals surface area contributed by atoms with Crippen LogP contribution in [-0.2, 0) is 16.6 Å². The molecule has 3 rings (SSSR count). The first-order chi connectivity index (χ1) is 13.8. The summed E-state index contributed by atoms with van der Waals surface area (Å²) in [4.78, 5) is 14.8. The van der Waals surface area contributed by atoms with Gasteiger partial charge in [-0.15, -0.1) is 0 Å². The highest BCUT2D eigenvalue weighted by atomic mass is 32.2. The average Bonchev–Trinajstić information content (AvgIpc) is 2.72. The van der Waals surface area contributed by atoms with Crippen LogP contribution in [0.25, 0.3) is 0 Å². The van der Waals surface area contributed by atoms with Gasteiger partial charge in [-0.3, -0.25) is 4.79 Å². The number of hydrogen-bond acceptors (Lipinski definition) is 4. The zero-order chi connectivity index (χ0) is 21.0. The number of carbonyl (C=O) groups is 1. The van der Waals surface area contributed by atoms with Crippen molar-refractivity contribution in [2.24, 2.45) is 5.92 Å². The summed E-state index contributed by atoms with van der Waals surface area (Å²) in [5.41, 5.74) is 2.20. The maximum Gasteiger partial charge on any atom is 0.257 e. The van der Waals surface area contributed by atoms with E-state index in [2.05, 4.69) is 11.6 Å². The van der Waals surface area contributed by atoms with Crippen molar-refractivity contribution >= 4 is 15.9 Å². The van der Waals surface area contributed by atoms with Crippen LogP contribution in [0.15, 0.2) is 47.4 Å². The molecule has 0 aliphatic carbocycles. The van der Waals surface area contributed by atoms with Crippen LogP contribution in [0.1, 0.15) is 41.3 Å². The molecule has 0 bridgehead atoms. The highest BCUT2D eigenvalue weighted by molar-refractivity contribution is 7.89. The summed E-state index contributed by atoms with van der Waals surface area (Å²) in [5.74, 6) is 0.787. The van der Waals surface area contributed by atoms with E-state index >= 15 is 0 Å². The lowest BCUT2D eigenvalue weighted by molar-refractivity contribution is 0.0693. The van der Waals surface area contributed by atoms with E-state index < -0.39 is 10.0 Å². The Balaban J connectivity index is 1.83. The lowest BCUT2D eigenvalue weighted by atomic mass is 9.98. The van der Waals surface area contributed by atoms with E-state index in [-0.39, 0.29) is 22.9 Å². The van der Waals surface area contributed by atoms with Crippen LogP contribution < -0.4 is 9.46 Å². The second-order valence-electron chi connectivity index (χ2n) is 7.59. The van der Waals surface area contributed by atoms with Crippen molar-refractivity contribution in [1.29, 1.82) is 0 Å². The molecule has 156 valence electrons. The molecule has 2 aromatic rings. The molecule has 2 aromatic carbocycles. The Morgan fingerprint density at radius 2 is 1.86 bits per heavy atom. The van der Waals surface area contributed by atoms with E-state index in [4.69, 9.17) is 4.74 Å². The van der Waals surface area contributed by atoms with Gasteiger partial charge < -0.3 is 9.64 Å². The van der Waals surface area contributed by atoms with Gasteiger partial charge in [-0.05, 0) is 55.0 Å². The van der Waals surface area contributed by atoms with E-state index in [0.29, 0.717) is 24.8 Å². The fourth-order valence-electron chi connectivity index (χ4n) is 3.47. The topological polar surface area (TPSA) is 75.7 Å². The number of likely N-dealkylation sites (tertiary alicyclic amines) is 1. The Morgan fingerprint density at radius 1 is 1.17 bits per heavy atom. The highest BCUT2D eigenvalue weighted by Crippen LogP contribution is 2.26. The number of carbonyl (C=O) groups excluding carboxylic acids is 1. The standard InChI is InChI=1S/C22H28N2O4S/c1-16-10-12-24(13-11-16)22(25)20-14-19(8-9-21(20)28-3)29(26,27)23-15-18-7-5-4-6-17(18)2/h4-9,14,16,23H,10-13,15H2,1-3H3. The largest absolute Gasteiger partial charge is 0.496 e. The molecule has 0 spiro atoms. The number of sulfonamides is 1. The number of benzene rings is 2. The minimum Gasteiger partial charge on any atom is -0.496 e. The van der Waals surface area contributed by atoms with Crippen molar-refractivity contribution in [2.75, 3.05) is 20.2 Å². The zero-order valence-electron chi connectivity index (χ0n) is 17.1. The van der Waals surface area contributed by atoms with Crippen molar-refractivity contribution < 1.29 is 17.9 Å². The quantitative estimate of drug-likeness (QED) is 0.784. The molecule has 1 amide bonds. The Hall–Kier alpha value is -2.38. The number of methoxy groups -OCH3 is 1. The van der Waals surface area contributed by atoms with E-state index in [9.17, 15) is 13.2 Å². The van der Waals surface area contributed by atoms with Crippen LogP contribution in [0.2, 0.25) is 0 Å². The van der Waals surface area contributed by atoms with Crippen molar-refractivity contribution in [3.05, 3.63) is 59.2 Å². The first-order valence-electron chi connectivity index (χ1n) is 9.83. The van der Waals surface area contributed by atoms with E-state index in [1.807, 2.05) is 31.2 Å². The average molecular weight is 417 g/mol. The van der Waals surface area contributed by atoms with Gasteiger partial charge in [0.15, 0.2) is 0 Å². The molecule has 29 heavy (non-hydrogen) atoms. The normalized spacial score (nSPS) is 15.3. The molecular weight excluding hydrogens is 388 g/mol. The van der Waals surface area contributed by atoms with Crippen LogP contribution in [0.4, 0.5) is 0 Å². The molecule has 6 nitrogen and oxygen atoms in total. The number of hydrogen-bond donors (Lipinski definition) is 1. The molecule has 1 aliphatic heterocycles. The maximum absolute atomic E-state index is 13.0. The third-order valence-corrected chi connectivity index (χ3v) is 6.90. The first kappa shape index (κ1) is 21.3. The number of piperidine rings is 1. The molecule has 0 radical (unpaired) electrons. The summed E-state index contributed by atoms with van der Waals surface area (Å²) >= 11 is 0. The second kappa shape index (κ2) is 8.97. The third kappa shape index (κ3) is 4.97. The lowest BCUT2D eigenvalue weighted by Crippen LogP contribution is -2.38. The van der Waals surface area contributed by atoms with Gasteiger partial charge in [-0.1, -0.05) is 31.2 Å². The molecule has 1 heterocycles. The molecule has 0 atom stereocenters. The summed E-state index contributed by atoms with van der Waals surface area (Å²) < 4.78 is 33.6. The smallest absolute Gasteiger partial charge is 0.257 e. The van der Waals surface area contributed by atoms with E-state index in [0.717, 1.165) is 24.0 Å². The molecule has 0 aromatic heterocycles. The maximum atomic E-state index is 13.0. The monoisotopic (exact) mass is 416 g/mol. The Kier molecular flexibility index (Phi) is 6.59. The van der Waals surface area contributed by atoms with E-state index in [1.165, 1.54) is 19.2 Å². The highest BCUT2D eigenvalue weighted by Gasteiger charge is 2.26. The number of ether oxygens (including phenoxy) is 1. The van der Waals surface area contributed by atoms with Gasteiger partial charge in [0.05, 0.1) is 17.6 Å². The van der Waals surface area contributed by atoms with Crippen LogP contribution >= 0.6 is 0 Å². The van der Waals surface area contributed by atoms with Gasteiger partial charge in [0.1, 0.15) is 5.75 Å². The molecule has 1 aliphatic rings. The summed E-state index contributed by atoms with van der Waals surface area (Å²) in [6.07, 6.45) is 1.90. The van der Waals surface area contributed by atoms with Gasteiger partial charge in [-0.2, -0.15) is 0 Å². The Morgan fingerprint density at radius 3 is 2.52 bits per heavy atom. The van der Waals surface area contributed by atoms with Gasteiger partial charge in [0.2, 0.25) is 10.0 Å². The van der Waals surface area contributed by atoms with Crippen LogP contribution in [0.5, 0.6) is 5.75 Å². The SMILES string of the molecule is COc1ccc(S(=O)(=O)NCc2ccccc2C)cc1C(=O)N1CCC(C)CC1. The number of aryl methyl sites for hydroxylation is 1. The Labute approximate surface area is 172 Å². The fourth-order valence-corrected chi connectivity index (χ4v) is 4.50. The Bertz CT molecular complexity index is 980. The predicted molar refractivity (Wildman–Crippen MR) is 113 cm³/mol. The van der Waals surface area contributed by atoms with Crippen molar-refractivity contribution in [1.82, 2.24) is 9.62 Å². The van der Waals surface area contributed by atoms with Gasteiger partial charge in [-0.25, -0.2) is 13.1 Å². The van der Waals surface area contributed by atoms with Crippen molar-refractivity contribution in [3.8, 4) is 5.75 Å². The summed E-state index contributed by atoms with van der Waals surface area (Å²) in [7, 11) is -2.29. The van der Waals surface area contributed by atoms with Crippen molar-refractivity contribution in [2.45, 2.75) is 38.1 Å². The van der Waals surface area contributed by atoms with Crippen LogP contribution in [0.3, 0.4) is 0 Å². The number of nitrogens with one attached hydrogen (secondary N) is 1. The van der Waals surface area contributed by atoms with Gasteiger partial charge in [0.25, 0.3) is 5.91 Å². The minimum atomic E-state index is -3.77. The summed E-state index contributed by atoms with van der Waals surface area (Å²) in [5, 5.41) is 0. The molecule has 0 saturated carbocycles. The van der Waals surface area contributed by atoms with Crippen LogP contribution in [-0.4, -0.2) is 39.4 Å². The molecule has 0 unspecified atom stereocenters.